The molecular weight excluding hydrogens is 334 g/mol. The summed E-state index contributed by atoms with van der Waals surface area (Å²) in [4.78, 5) is 41.4. The fourth-order valence-corrected chi connectivity index (χ4v) is 2.20. The van der Waals surface area contributed by atoms with Crippen LogP contribution in [-0.4, -0.2) is 47.4 Å². The first-order chi connectivity index (χ1) is 12.4. The Bertz CT molecular complexity index is 775. The Labute approximate surface area is 152 Å². The van der Waals surface area contributed by atoms with E-state index < -0.39 is 18.0 Å². The van der Waals surface area contributed by atoms with Gasteiger partial charge in [-0.2, -0.15) is 0 Å². The van der Waals surface area contributed by atoms with E-state index in [2.05, 4.69) is 10.3 Å². The molecule has 7 nitrogen and oxygen atoms in total. The molecule has 2 rings (SSSR count). The molecule has 0 unspecified atom stereocenters. The molecule has 2 aromatic rings. The molecule has 0 bridgehead atoms. The number of aromatic nitrogens is 1. The van der Waals surface area contributed by atoms with Crippen molar-refractivity contribution in [3.05, 3.63) is 59.9 Å². The number of anilines is 1. The van der Waals surface area contributed by atoms with Crippen LogP contribution < -0.4 is 5.32 Å². The number of aryl methyl sites for hydroxylation is 1. The monoisotopic (exact) mass is 355 g/mol. The molecule has 0 spiro atoms. The quantitative estimate of drug-likeness (QED) is 0.801. The third-order valence-electron chi connectivity index (χ3n) is 3.60. The van der Waals surface area contributed by atoms with Gasteiger partial charge in [0, 0.05) is 18.9 Å². The maximum atomic E-state index is 12.3. The van der Waals surface area contributed by atoms with Crippen LogP contribution in [0.25, 0.3) is 0 Å². The molecular formula is C19H21N3O4. The van der Waals surface area contributed by atoms with E-state index in [0.29, 0.717) is 5.69 Å². The number of ether oxygens (including phenoxy) is 1. The van der Waals surface area contributed by atoms with Crippen LogP contribution in [0.1, 0.15) is 23.0 Å². The van der Waals surface area contributed by atoms with E-state index in [-0.39, 0.29) is 18.1 Å². The molecule has 1 atom stereocenters. The second kappa shape index (κ2) is 8.75. The SMILES string of the molecule is Cc1ccc(NC(=O)CN(C)C(=O)[C@H](C)OC(=O)c2ccccn2)cc1. The highest BCUT2D eigenvalue weighted by molar-refractivity contribution is 5.96. The van der Waals surface area contributed by atoms with E-state index in [9.17, 15) is 14.4 Å². The van der Waals surface area contributed by atoms with Crippen molar-refractivity contribution >= 4 is 23.5 Å². The van der Waals surface area contributed by atoms with Gasteiger partial charge in [-0.25, -0.2) is 9.78 Å². The van der Waals surface area contributed by atoms with Crippen molar-refractivity contribution < 1.29 is 19.1 Å². The van der Waals surface area contributed by atoms with Gasteiger partial charge in [-0.15, -0.1) is 0 Å². The number of likely N-dealkylation sites (N-methyl/N-ethyl adjacent to an activating group) is 1. The van der Waals surface area contributed by atoms with Crippen molar-refractivity contribution in [2.24, 2.45) is 0 Å². The maximum Gasteiger partial charge on any atom is 0.357 e. The van der Waals surface area contributed by atoms with Crippen LogP contribution in [0.4, 0.5) is 5.69 Å². The van der Waals surface area contributed by atoms with Crippen molar-refractivity contribution in [1.29, 1.82) is 0 Å². The highest BCUT2D eigenvalue weighted by Gasteiger charge is 2.24. The Morgan fingerprint density at radius 2 is 1.85 bits per heavy atom. The summed E-state index contributed by atoms with van der Waals surface area (Å²) in [5.41, 5.74) is 1.85. The molecule has 1 heterocycles. The van der Waals surface area contributed by atoms with Gasteiger partial charge in [-0.1, -0.05) is 23.8 Å². The second-order valence-electron chi connectivity index (χ2n) is 5.87. The van der Waals surface area contributed by atoms with Gasteiger partial charge < -0.3 is 15.0 Å². The third-order valence-corrected chi connectivity index (χ3v) is 3.60. The fourth-order valence-electron chi connectivity index (χ4n) is 2.20. The summed E-state index contributed by atoms with van der Waals surface area (Å²) in [6, 6.07) is 12.1. The van der Waals surface area contributed by atoms with E-state index in [4.69, 9.17) is 4.74 Å². The number of amides is 2. The number of hydrogen-bond acceptors (Lipinski definition) is 5. The van der Waals surface area contributed by atoms with Gasteiger partial charge in [0.2, 0.25) is 5.91 Å². The van der Waals surface area contributed by atoms with Crippen molar-refractivity contribution in [2.75, 3.05) is 18.9 Å². The summed E-state index contributed by atoms with van der Waals surface area (Å²) in [6.45, 7) is 3.25. The number of pyridine rings is 1. The summed E-state index contributed by atoms with van der Waals surface area (Å²) in [5, 5.41) is 2.71. The Morgan fingerprint density at radius 3 is 2.46 bits per heavy atom. The minimum atomic E-state index is -1.03. The van der Waals surface area contributed by atoms with Crippen molar-refractivity contribution in [2.45, 2.75) is 20.0 Å². The number of carbonyl (C=O) groups is 3. The first-order valence-corrected chi connectivity index (χ1v) is 8.10. The molecule has 2 amide bonds. The number of benzene rings is 1. The molecule has 1 aromatic carbocycles. The number of nitrogens with one attached hydrogen (secondary N) is 1. The molecule has 0 aliphatic rings. The third kappa shape index (κ3) is 5.41. The lowest BCUT2D eigenvalue weighted by atomic mass is 10.2. The summed E-state index contributed by atoms with van der Waals surface area (Å²) in [7, 11) is 1.47. The Hall–Kier alpha value is -3.22. The average molecular weight is 355 g/mol. The van der Waals surface area contributed by atoms with Crippen LogP contribution >= 0.6 is 0 Å². The molecule has 0 radical (unpaired) electrons. The minimum absolute atomic E-state index is 0.118. The standard InChI is InChI=1S/C19H21N3O4/c1-13-7-9-15(10-8-13)21-17(23)12-22(3)18(24)14(2)26-19(25)16-6-4-5-11-20-16/h4-11,14H,12H2,1-3H3,(H,21,23)/t14-/m0/s1. The molecule has 1 aromatic heterocycles. The summed E-state index contributed by atoms with van der Waals surface area (Å²) >= 11 is 0. The predicted molar refractivity (Wildman–Crippen MR) is 96.6 cm³/mol. The van der Waals surface area contributed by atoms with Crippen molar-refractivity contribution in [3.8, 4) is 0 Å². The lowest BCUT2D eigenvalue weighted by Gasteiger charge is -2.21. The normalized spacial score (nSPS) is 11.3. The second-order valence-corrected chi connectivity index (χ2v) is 5.87. The fraction of sp³-hybridized carbons (Fsp3) is 0.263. The molecule has 26 heavy (non-hydrogen) atoms. The van der Waals surface area contributed by atoms with Gasteiger partial charge in [-0.05, 0) is 38.1 Å². The lowest BCUT2D eigenvalue weighted by molar-refractivity contribution is -0.140. The van der Waals surface area contributed by atoms with Crippen LogP contribution in [0.2, 0.25) is 0 Å². The van der Waals surface area contributed by atoms with E-state index in [1.54, 1.807) is 24.3 Å². The maximum absolute atomic E-state index is 12.3. The summed E-state index contributed by atoms with van der Waals surface area (Å²) in [5.74, 6) is -1.51. The first kappa shape index (κ1) is 19.1. The molecule has 7 heteroatoms. The zero-order valence-corrected chi connectivity index (χ0v) is 14.9. The molecule has 0 aliphatic heterocycles. The van der Waals surface area contributed by atoms with Crippen LogP contribution in [0.15, 0.2) is 48.7 Å². The van der Waals surface area contributed by atoms with Gasteiger partial charge in [-0.3, -0.25) is 9.59 Å². The largest absolute Gasteiger partial charge is 0.448 e. The van der Waals surface area contributed by atoms with Gasteiger partial charge in [0.05, 0.1) is 6.54 Å². The van der Waals surface area contributed by atoms with Crippen LogP contribution in [0.5, 0.6) is 0 Å². The molecule has 136 valence electrons. The lowest BCUT2D eigenvalue weighted by Crippen LogP contribution is -2.41. The molecule has 0 fully saturated rings. The van der Waals surface area contributed by atoms with E-state index in [1.807, 2.05) is 19.1 Å². The highest BCUT2D eigenvalue weighted by atomic mass is 16.5. The summed E-state index contributed by atoms with van der Waals surface area (Å²) in [6.07, 6.45) is 0.437. The van der Waals surface area contributed by atoms with Gasteiger partial charge in [0.1, 0.15) is 5.69 Å². The zero-order valence-electron chi connectivity index (χ0n) is 14.9. The van der Waals surface area contributed by atoms with Gasteiger partial charge in [0.15, 0.2) is 6.10 Å². The average Bonchev–Trinajstić information content (AvgIpc) is 2.63. The molecule has 0 saturated heterocycles. The number of carbonyl (C=O) groups excluding carboxylic acids is 3. The zero-order chi connectivity index (χ0) is 19.1. The van der Waals surface area contributed by atoms with E-state index in [0.717, 1.165) is 5.56 Å². The first-order valence-electron chi connectivity index (χ1n) is 8.10. The van der Waals surface area contributed by atoms with Crippen LogP contribution in [0, 0.1) is 6.92 Å². The highest BCUT2D eigenvalue weighted by Crippen LogP contribution is 2.09. The number of rotatable bonds is 6. The smallest absolute Gasteiger partial charge is 0.357 e. The number of nitrogens with zero attached hydrogens (tertiary/aromatic N) is 2. The molecule has 1 N–H and O–H groups in total. The number of hydrogen-bond donors (Lipinski definition) is 1. The van der Waals surface area contributed by atoms with Gasteiger partial charge in [0.25, 0.3) is 5.91 Å². The Balaban J connectivity index is 1.86. The van der Waals surface area contributed by atoms with Gasteiger partial charge >= 0.3 is 5.97 Å². The van der Waals surface area contributed by atoms with Crippen LogP contribution in [0.3, 0.4) is 0 Å². The topological polar surface area (TPSA) is 88.6 Å². The Morgan fingerprint density at radius 1 is 1.15 bits per heavy atom. The van der Waals surface area contributed by atoms with Crippen molar-refractivity contribution in [3.63, 3.8) is 0 Å². The molecule has 0 aliphatic carbocycles. The van der Waals surface area contributed by atoms with Crippen LogP contribution in [-0.2, 0) is 14.3 Å². The van der Waals surface area contributed by atoms with E-state index in [1.165, 1.54) is 31.1 Å². The number of esters is 1. The minimum Gasteiger partial charge on any atom is -0.448 e. The van der Waals surface area contributed by atoms with E-state index >= 15 is 0 Å². The summed E-state index contributed by atoms with van der Waals surface area (Å²) < 4.78 is 5.11. The predicted octanol–water partition coefficient (Wildman–Crippen LogP) is 2.03. The van der Waals surface area contributed by atoms with Crippen molar-refractivity contribution in [1.82, 2.24) is 9.88 Å². The Kier molecular flexibility index (Phi) is 6.43. The molecule has 0 saturated carbocycles.